The highest BCUT2D eigenvalue weighted by Crippen LogP contribution is 2.43. The minimum absolute atomic E-state index is 0.0450. The molecule has 1 unspecified atom stereocenters. The van der Waals surface area contributed by atoms with Gasteiger partial charge in [-0.25, -0.2) is 0 Å². The molecule has 0 radical (unpaired) electrons. The Labute approximate surface area is 272 Å². The summed E-state index contributed by atoms with van der Waals surface area (Å²) in [4.78, 5) is 34.0. The first-order valence-corrected chi connectivity index (χ1v) is 16.8. The minimum Gasteiger partial charge on any atom is -0.485 e. The van der Waals surface area contributed by atoms with Gasteiger partial charge in [0.05, 0.1) is 50.7 Å². The lowest BCUT2D eigenvalue weighted by atomic mass is 9.82. The summed E-state index contributed by atoms with van der Waals surface area (Å²) in [5, 5.41) is 25.7. The number of nitrogens with zero attached hydrogens (tertiary/aromatic N) is 6. The van der Waals surface area contributed by atoms with Crippen molar-refractivity contribution >= 4 is 44.8 Å². The summed E-state index contributed by atoms with van der Waals surface area (Å²) in [6, 6.07) is 7.09. The summed E-state index contributed by atoms with van der Waals surface area (Å²) in [6.45, 7) is 2.28. The van der Waals surface area contributed by atoms with Gasteiger partial charge < -0.3 is 29.6 Å². The molecule has 240 valence electrons. The van der Waals surface area contributed by atoms with Crippen molar-refractivity contribution in [3.8, 4) is 11.5 Å². The van der Waals surface area contributed by atoms with Crippen LogP contribution in [0.3, 0.4) is 0 Å². The van der Waals surface area contributed by atoms with Gasteiger partial charge in [0, 0.05) is 36.4 Å². The van der Waals surface area contributed by atoms with Gasteiger partial charge >= 0.3 is 0 Å². The van der Waals surface area contributed by atoms with E-state index in [1.54, 1.807) is 36.7 Å². The predicted octanol–water partition coefficient (Wildman–Crippen LogP) is 3.54. The summed E-state index contributed by atoms with van der Waals surface area (Å²) < 4.78 is 21.9. The molecule has 7 rings (SSSR count). The Morgan fingerprint density at radius 3 is 1.65 bits per heavy atom. The molecule has 16 heteroatoms. The van der Waals surface area contributed by atoms with Gasteiger partial charge in [0.1, 0.15) is 33.7 Å². The second-order valence-electron chi connectivity index (χ2n) is 11.4. The monoisotopic (exact) mass is 664 g/mol. The average molecular weight is 665 g/mol. The Kier molecular flexibility index (Phi) is 9.36. The highest BCUT2D eigenvalue weighted by atomic mass is 32.1. The zero-order valence-electron chi connectivity index (χ0n) is 24.8. The summed E-state index contributed by atoms with van der Waals surface area (Å²) in [6.07, 6.45) is 7.37. The number of aromatic nitrogens is 6. The van der Waals surface area contributed by atoms with Crippen molar-refractivity contribution in [1.29, 1.82) is 0 Å². The molecule has 4 aromatic heterocycles. The third kappa shape index (κ3) is 7.81. The highest BCUT2D eigenvalue weighted by Gasteiger charge is 2.30. The van der Waals surface area contributed by atoms with Gasteiger partial charge in [0.15, 0.2) is 0 Å². The molecule has 2 atom stereocenters. The molecule has 6 heterocycles. The van der Waals surface area contributed by atoms with Gasteiger partial charge in [0.25, 0.3) is 0 Å². The van der Waals surface area contributed by atoms with E-state index in [9.17, 15) is 9.59 Å². The molecule has 3 aliphatic rings. The lowest BCUT2D eigenvalue weighted by Crippen LogP contribution is -2.38. The first-order valence-electron chi connectivity index (χ1n) is 15.2. The molecule has 0 spiro atoms. The number of rotatable bonds is 12. The molecule has 1 saturated carbocycles. The van der Waals surface area contributed by atoms with E-state index in [1.807, 2.05) is 0 Å². The van der Waals surface area contributed by atoms with Crippen molar-refractivity contribution in [3.63, 3.8) is 0 Å². The third-order valence-corrected chi connectivity index (χ3v) is 9.83. The second kappa shape index (κ2) is 14.1. The van der Waals surface area contributed by atoms with Crippen molar-refractivity contribution in [3.05, 3.63) is 58.1 Å². The number of carbonyl (C=O) groups excluding carboxylic acids is 2. The zero-order chi connectivity index (χ0) is 31.3. The van der Waals surface area contributed by atoms with Crippen molar-refractivity contribution < 1.29 is 28.5 Å². The highest BCUT2D eigenvalue weighted by molar-refractivity contribution is 7.15. The molecular weight excluding hydrogens is 633 g/mol. The Bertz CT molecular complexity index is 1560. The van der Waals surface area contributed by atoms with Crippen LogP contribution < -0.4 is 20.1 Å². The van der Waals surface area contributed by atoms with Crippen LogP contribution in [0, 0.1) is 0 Å². The van der Waals surface area contributed by atoms with E-state index in [0.717, 1.165) is 35.7 Å². The maximum absolute atomic E-state index is 12.7. The number of ether oxygens (including phenoxy) is 4. The van der Waals surface area contributed by atoms with Gasteiger partial charge in [-0.3, -0.25) is 19.6 Å². The maximum Gasteiger partial charge on any atom is 0.232 e. The lowest BCUT2D eigenvalue weighted by molar-refractivity contribution is -0.116. The number of nitrogens with one attached hydrogen (secondary N) is 2. The van der Waals surface area contributed by atoms with Crippen LogP contribution in [0.4, 0.5) is 10.3 Å². The van der Waals surface area contributed by atoms with Crippen LogP contribution in [0.1, 0.15) is 58.9 Å². The van der Waals surface area contributed by atoms with E-state index < -0.39 is 0 Å². The second-order valence-corrected chi connectivity index (χ2v) is 13.4. The van der Waals surface area contributed by atoms with Crippen LogP contribution in [0.2, 0.25) is 0 Å². The van der Waals surface area contributed by atoms with Crippen LogP contribution >= 0.6 is 22.7 Å². The van der Waals surface area contributed by atoms with E-state index in [-0.39, 0.29) is 48.7 Å². The molecule has 3 fully saturated rings. The number of amides is 2. The fourth-order valence-corrected chi connectivity index (χ4v) is 7.21. The third-order valence-electron chi connectivity index (χ3n) is 7.83. The molecule has 46 heavy (non-hydrogen) atoms. The summed E-state index contributed by atoms with van der Waals surface area (Å²) >= 11 is 2.79. The Balaban J connectivity index is 0.895. The number of hydrogen-bond donors (Lipinski definition) is 2. The minimum atomic E-state index is -0.218. The van der Waals surface area contributed by atoms with Crippen molar-refractivity contribution in [2.75, 3.05) is 37.1 Å². The van der Waals surface area contributed by atoms with Crippen LogP contribution in [-0.4, -0.2) is 80.8 Å². The Morgan fingerprint density at radius 2 is 1.22 bits per heavy atom. The van der Waals surface area contributed by atoms with E-state index in [0.29, 0.717) is 59.6 Å². The molecule has 2 saturated heterocycles. The SMILES string of the molecule is O=C(Cc1cc(OC2COC2)ccn1)Nc1nnc(C2CCC[C@H](c3nnc(NC(=O)Cc4cc(OC5COC5)ccn4)s3)C2)s1. The fraction of sp³-hybridized carbons (Fsp3) is 0.467. The number of pyridine rings is 2. The Hall–Kier alpha value is -4.12. The summed E-state index contributed by atoms with van der Waals surface area (Å²) in [5.41, 5.74) is 1.22. The molecule has 4 aromatic rings. The molecule has 0 aromatic carbocycles. The summed E-state index contributed by atoms with van der Waals surface area (Å²) in [5.74, 6) is 1.30. The standard InChI is InChI=1S/C30H32N8O6S2/c39-25(11-19-9-21(4-6-31-19)43-23-13-41-14-23)33-29-37-35-27(45-29)17-2-1-3-18(8-17)28-36-38-30(46-28)34-26(40)12-20-10-22(5-7-32-20)44-24-15-42-16-24/h4-7,9-10,17-18,23-24H,1-3,8,11-16H2,(H,33,37,39)(H,34,38,40)/t17-,18?/m0/s1. The smallest absolute Gasteiger partial charge is 0.232 e. The van der Waals surface area contributed by atoms with Gasteiger partial charge in [-0.05, 0) is 31.4 Å². The number of carbonyl (C=O) groups is 2. The first kappa shape index (κ1) is 30.5. The molecule has 2 amide bonds. The van der Waals surface area contributed by atoms with Crippen LogP contribution in [0.15, 0.2) is 36.7 Å². The largest absolute Gasteiger partial charge is 0.485 e. The Morgan fingerprint density at radius 1 is 0.739 bits per heavy atom. The van der Waals surface area contributed by atoms with Crippen molar-refractivity contribution in [2.45, 2.75) is 62.6 Å². The molecular formula is C30H32N8O6S2. The molecule has 14 nitrogen and oxygen atoms in total. The quantitative estimate of drug-likeness (QED) is 0.226. The molecule has 0 bridgehead atoms. The fourth-order valence-electron chi connectivity index (χ4n) is 5.40. The van der Waals surface area contributed by atoms with Crippen LogP contribution in [-0.2, 0) is 31.9 Å². The van der Waals surface area contributed by atoms with Crippen molar-refractivity contribution in [2.24, 2.45) is 0 Å². The number of anilines is 2. The predicted molar refractivity (Wildman–Crippen MR) is 167 cm³/mol. The summed E-state index contributed by atoms with van der Waals surface area (Å²) in [7, 11) is 0. The van der Waals surface area contributed by atoms with Gasteiger partial charge in [-0.15, -0.1) is 20.4 Å². The van der Waals surface area contributed by atoms with E-state index in [2.05, 4.69) is 41.0 Å². The molecule has 1 aliphatic carbocycles. The molecule has 2 aliphatic heterocycles. The zero-order valence-corrected chi connectivity index (χ0v) is 26.4. The molecule has 2 N–H and O–H groups in total. The van der Waals surface area contributed by atoms with E-state index >= 15 is 0 Å². The first-order chi connectivity index (χ1) is 22.5. The number of hydrogen-bond acceptors (Lipinski definition) is 14. The van der Waals surface area contributed by atoms with Gasteiger partial charge in [-0.1, -0.05) is 29.1 Å². The van der Waals surface area contributed by atoms with E-state index in [1.165, 1.54) is 22.7 Å². The van der Waals surface area contributed by atoms with Gasteiger partial charge in [0.2, 0.25) is 22.1 Å². The normalized spacial score (nSPS) is 19.9. The van der Waals surface area contributed by atoms with Crippen LogP contribution in [0.5, 0.6) is 11.5 Å². The van der Waals surface area contributed by atoms with Crippen molar-refractivity contribution in [1.82, 2.24) is 30.4 Å². The lowest BCUT2D eigenvalue weighted by Gasteiger charge is -2.26. The van der Waals surface area contributed by atoms with Crippen LogP contribution in [0.25, 0.3) is 0 Å². The average Bonchev–Trinajstić information content (AvgIpc) is 3.67. The topological polar surface area (TPSA) is 172 Å². The van der Waals surface area contributed by atoms with E-state index in [4.69, 9.17) is 18.9 Å². The maximum atomic E-state index is 12.7. The van der Waals surface area contributed by atoms with Gasteiger partial charge in [-0.2, -0.15) is 0 Å².